The predicted molar refractivity (Wildman–Crippen MR) is 102 cm³/mol. The van der Waals surface area contributed by atoms with Crippen molar-refractivity contribution in [2.75, 3.05) is 19.6 Å². The maximum absolute atomic E-state index is 13.0. The van der Waals surface area contributed by atoms with Crippen LogP contribution < -0.4 is 5.32 Å². The quantitative estimate of drug-likeness (QED) is 0.801. The minimum absolute atomic E-state index is 0. The van der Waals surface area contributed by atoms with Crippen LogP contribution in [0, 0.1) is 5.92 Å². The van der Waals surface area contributed by atoms with Crippen LogP contribution in [-0.2, 0) is 4.79 Å². The summed E-state index contributed by atoms with van der Waals surface area (Å²) in [6, 6.07) is 6.03. The van der Waals surface area contributed by atoms with Crippen LogP contribution in [0.3, 0.4) is 0 Å². The maximum Gasteiger partial charge on any atom is 0.226 e. The van der Waals surface area contributed by atoms with Crippen LogP contribution in [-0.4, -0.2) is 36.5 Å². The van der Waals surface area contributed by atoms with E-state index >= 15 is 0 Å². The molecule has 1 aromatic carbocycles. The molecule has 2 atom stereocenters. The number of nitrogens with zero attached hydrogens (tertiary/aromatic N) is 1. The van der Waals surface area contributed by atoms with E-state index in [1.807, 2.05) is 12.1 Å². The van der Waals surface area contributed by atoms with Crippen molar-refractivity contribution in [3.8, 4) is 0 Å². The fourth-order valence-corrected chi connectivity index (χ4v) is 4.21. The molecule has 1 aliphatic heterocycles. The van der Waals surface area contributed by atoms with Gasteiger partial charge in [0, 0.05) is 28.5 Å². The lowest BCUT2D eigenvalue weighted by Crippen LogP contribution is -2.47. The summed E-state index contributed by atoms with van der Waals surface area (Å²) in [5, 5.41) is 4.67. The van der Waals surface area contributed by atoms with Crippen LogP contribution in [0.1, 0.15) is 44.1 Å². The van der Waals surface area contributed by atoms with Crippen molar-refractivity contribution in [1.82, 2.24) is 10.2 Å². The van der Waals surface area contributed by atoms with E-state index in [2.05, 4.69) is 17.1 Å². The molecule has 134 valence electrons. The molecule has 1 N–H and O–H groups in total. The van der Waals surface area contributed by atoms with Gasteiger partial charge in [-0.2, -0.15) is 0 Å². The van der Waals surface area contributed by atoms with Crippen LogP contribution in [0.2, 0.25) is 10.0 Å². The third-order valence-corrected chi connectivity index (χ3v) is 5.35. The van der Waals surface area contributed by atoms with Gasteiger partial charge in [0.05, 0.1) is 0 Å². The maximum atomic E-state index is 13.0. The van der Waals surface area contributed by atoms with Crippen LogP contribution in [0.25, 0.3) is 0 Å². The third kappa shape index (κ3) is 4.57. The van der Waals surface area contributed by atoms with Crippen molar-refractivity contribution in [1.29, 1.82) is 0 Å². The summed E-state index contributed by atoms with van der Waals surface area (Å²) in [6.45, 7) is 5.03. The molecule has 3 nitrogen and oxygen atoms in total. The Kier molecular flexibility index (Phi) is 7.23. The number of benzene rings is 1. The minimum Gasteiger partial charge on any atom is -0.339 e. The number of carbonyl (C=O) groups excluding carboxylic acids is 1. The fraction of sp³-hybridized carbons (Fsp3) is 0.611. The summed E-state index contributed by atoms with van der Waals surface area (Å²) in [4.78, 5) is 15.1. The Bertz CT molecular complexity index is 555. The highest BCUT2D eigenvalue weighted by molar-refractivity contribution is 6.34. The highest BCUT2D eigenvalue weighted by Crippen LogP contribution is 2.49. The third-order valence-electron chi connectivity index (χ3n) is 4.92. The molecule has 0 spiro atoms. The number of halogens is 3. The van der Waals surface area contributed by atoms with Gasteiger partial charge in [-0.05, 0) is 68.5 Å². The first-order valence-electron chi connectivity index (χ1n) is 8.57. The fourth-order valence-electron chi connectivity index (χ4n) is 3.67. The molecule has 1 saturated carbocycles. The molecule has 0 bridgehead atoms. The molecule has 2 fully saturated rings. The standard InChI is InChI=1S/C18H24Cl2N2O.ClH/c1-2-7-22(15-3-5-21-6-4-15)18(23)17-11-16(17)12-8-13(19)10-14(20)9-12;/h8-10,15-17,21H,2-7,11H2,1H3;1H. The number of nitrogens with one attached hydrogen (secondary N) is 1. The van der Waals surface area contributed by atoms with Crippen molar-refractivity contribution in [3.05, 3.63) is 33.8 Å². The van der Waals surface area contributed by atoms with Crippen LogP contribution in [0.5, 0.6) is 0 Å². The molecule has 24 heavy (non-hydrogen) atoms. The van der Waals surface area contributed by atoms with Gasteiger partial charge in [0.15, 0.2) is 0 Å². The van der Waals surface area contributed by atoms with Gasteiger partial charge in [0.25, 0.3) is 0 Å². The van der Waals surface area contributed by atoms with E-state index in [1.54, 1.807) is 6.07 Å². The van der Waals surface area contributed by atoms with Crippen molar-refractivity contribution >= 4 is 41.5 Å². The van der Waals surface area contributed by atoms with Crippen LogP contribution in [0.15, 0.2) is 18.2 Å². The van der Waals surface area contributed by atoms with Crippen molar-refractivity contribution in [2.24, 2.45) is 5.92 Å². The van der Waals surface area contributed by atoms with Gasteiger partial charge in [-0.1, -0.05) is 30.1 Å². The Hall–Kier alpha value is -0.480. The second kappa shape index (κ2) is 8.75. The molecule has 6 heteroatoms. The zero-order chi connectivity index (χ0) is 16.4. The van der Waals surface area contributed by atoms with Crippen molar-refractivity contribution in [3.63, 3.8) is 0 Å². The predicted octanol–water partition coefficient (Wildman–Crippen LogP) is 4.51. The lowest BCUT2D eigenvalue weighted by atomic mass is 10.0. The zero-order valence-electron chi connectivity index (χ0n) is 13.9. The molecule has 2 unspecified atom stereocenters. The number of carbonyl (C=O) groups is 1. The SMILES string of the molecule is CCCN(C(=O)C1CC1c1cc(Cl)cc(Cl)c1)C1CCNCC1.Cl. The highest BCUT2D eigenvalue weighted by atomic mass is 35.5. The second-order valence-corrected chi connectivity index (χ2v) is 7.54. The summed E-state index contributed by atoms with van der Waals surface area (Å²) in [6.07, 6.45) is 4.05. The number of piperidine rings is 1. The summed E-state index contributed by atoms with van der Waals surface area (Å²) in [7, 11) is 0. The molecule has 3 rings (SSSR count). The average molecular weight is 392 g/mol. The molecule has 0 radical (unpaired) electrons. The van der Waals surface area contributed by atoms with E-state index in [0.29, 0.717) is 22.0 Å². The number of rotatable bonds is 5. The normalized spacial score (nSPS) is 23.5. The van der Waals surface area contributed by atoms with E-state index < -0.39 is 0 Å². The summed E-state index contributed by atoms with van der Waals surface area (Å²) in [5.41, 5.74) is 1.10. The molecule has 0 aromatic heterocycles. The van der Waals surface area contributed by atoms with Gasteiger partial charge in [-0.25, -0.2) is 0 Å². The van der Waals surface area contributed by atoms with E-state index in [9.17, 15) is 4.79 Å². The highest BCUT2D eigenvalue weighted by Gasteiger charge is 2.46. The monoisotopic (exact) mass is 390 g/mol. The first kappa shape index (κ1) is 19.8. The second-order valence-electron chi connectivity index (χ2n) is 6.66. The van der Waals surface area contributed by atoms with E-state index in [1.165, 1.54) is 0 Å². The average Bonchev–Trinajstić information content (AvgIpc) is 3.32. The largest absolute Gasteiger partial charge is 0.339 e. The van der Waals surface area contributed by atoms with Crippen LogP contribution in [0.4, 0.5) is 0 Å². The molecule has 2 aliphatic rings. The van der Waals surface area contributed by atoms with Crippen molar-refractivity contribution < 1.29 is 4.79 Å². The molecule has 1 aromatic rings. The van der Waals surface area contributed by atoms with Gasteiger partial charge < -0.3 is 10.2 Å². The van der Waals surface area contributed by atoms with Crippen molar-refractivity contribution in [2.45, 2.75) is 44.6 Å². The lowest BCUT2D eigenvalue weighted by Gasteiger charge is -2.35. The molecule has 1 saturated heterocycles. The van der Waals surface area contributed by atoms with Gasteiger partial charge >= 0.3 is 0 Å². The van der Waals surface area contributed by atoms with Gasteiger partial charge in [-0.15, -0.1) is 12.4 Å². The number of hydrogen-bond donors (Lipinski definition) is 1. The molecule has 1 heterocycles. The summed E-state index contributed by atoms with van der Waals surface area (Å²) in [5.74, 6) is 0.700. The van der Waals surface area contributed by atoms with Gasteiger partial charge in [0.2, 0.25) is 5.91 Å². The summed E-state index contributed by atoms with van der Waals surface area (Å²) < 4.78 is 0. The smallest absolute Gasteiger partial charge is 0.226 e. The first-order valence-corrected chi connectivity index (χ1v) is 9.33. The molecular weight excluding hydrogens is 367 g/mol. The Balaban J connectivity index is 0.00000208. The topological polar surface area (TPSA) is 32.3 Å². The molecule has 1 amide bonds. The Labute approximate surface area is 160 Å². The zero-order valence-corrected chi connectivity index (χ0v) is 16.3. The van der Waals surface area contributed by atoms with Crippen LogP contribution >= 0.6 is 35.6 Å². The summed E-state index contributed by atoms with van der Waals surface area (Å²) >= 11 is 12.2. The minimum atomic E-state index is 0. The van der Waals surface area contributed by atoms with E-state index in [-0.39, 0.29) is 24.2 Å². The Morgan fingerprint density at radius 2 is 1.83 bits per heavy atom. The van der Waals surface area contributed by atoms with Gasteiger partial charge in [-0.3, -0.25) is 4.79 Å². The first-order chi connectivity index (χ1) is 11.1. The van der Waals surface area contributed by atoms with E-state index in [4.69, 9.17) is 23.2 Å². The number of amides is 1. The lowest BCUT2D eigenvalue weighted by molar-refractivity contribution is -0.135. The Morgan fingerprint density at radius 1 is 1.21 bits per heavy atom. The van der Waals surface area contributed by atoms with E-state index in [0.717, 1.165) is 50.9 Å². The van der Waals surface area contributed by atoms with Gasteiger partial charge in [0.1, 0.15) is 0 Å². The Morgan fingerprint density at radius 3 is 2.42 bits per heavy atom. The molecular formula is C18H25Cl3N2O. The molecule has 1 aliphatic carbocycles. The number of hydrogen-bond acceptors (Lipinski definition) is 2.